The summed E-state index contributed by atoms with van der Waals surface area (Å²) in [5, 5.41) is 0. The van der Waals surface area contributed by atoms with E-state index in [1.165, 1.54) is 4.88 Å². The summed E-state index contributed by atoms with van der Waals surface area (Å²) in [5.74, 6) is 0.677. The highest BCUT2D eigenvalue weighted by Crippen LogP contribution is 2.26. The molecule has 0 aliphatic carbocycles. The summed E-state index contributed by atoms with van der Waals surface area (Å²) < 4.78 is 0.556. The van der Waals surface area contributed by atoms with Crippen LogP contribution in [0.4, 0.5) is 0 Å². The summed E-state index contributed by atoms with van der Waals surface area (Å²) in [7, 11) is 0. The van der Waals surface area contributed by atoms with Crippen LogP contribution in [0.25, 0.3) is 10.7 Å². The third-order valence-electron chi connectivity index (χ3n) is 2.66. The Morgan fingerprint density at radius 1 is 1.39 bits per heavy atom. The van der Waals surface area contributed by atoms with Crippen LogP contribution in [0.1, 0.15) is 30.8 Å². The van der Waals surface area contributed by atoms with Gasteiger partial charge in [0.2, 0.25) is 0 Å². The number of aryl methyl sites for hydroxylation is 2. The van der Waals surface area contributed by atoms with Gasteiger partial charge in [0.1, 0.15) is 4.47 Å². The predicted octanol–water partition coefficient (Wildman–Crippen LogP) is 3.78. The smallest absolute Gasteiger partial charge is 0.265 e. The van der Waals surface area contributed by atoms with Gasteiger partial charge in [0.25, 0.3) is 5.56 Å². The second kappa shape index (κ2) is 5.80. The van der Waals surface area contributed by atoms with Gasteiger partial charge in [0.15, 0.2) is 5.82 Å². The molecule has 0 amide bonds. The molecule has 96 valence electrons. The second-order valence-electron chi connectivity index (χ2n) is 4.04. The van der Waals surface area contributed by atoms with E-state index in [0.29, 0.717) is 10.3 Å². The molecule has 2 aromatic heterocycles. The van der Waals surface area contributed by atoms with Crippen LogP contribution < -0.4 is 5.56 Å². The quantitative estimate of drug-likeness (QED) is 0.929. The summed E-state index contributed by atoms with van der Waals surface area (Å²) in [6.45, 7) is 4.20. The van der Waals surface area contributed by atoms with E-state index >= 15 is 0 Å². The molecule has 0 spiro atoms. The van der Waals surface area contributed by atoms with Crippen molar-refractivity contribution >= 4 is 27.3 Å². The molecule has 0 radical (unpaired) electrons. The number of nitrogens with one attached hydrogen (secondary N) is 1. The van der Waals surface area contributed by atoms with E-state index in [2.05, 4.69) is 45.8 Å². The van der Waals surface area contributed by atoms with E-state index in [9.17, 15) is 4.79 Å². The van der Waals surface area contributed by atoms with Gasteiger partial charge in [0, 0.05) is 4.88 Å². The van der Waals surface area contributed by atoms with Crippen molar-refractivity contribution in [1.82, 2.24) is 9.97 Å². The number of rotatable bonds is 4. The highest BCUT2D eigenvalue weighted by Gasteiger charge is 2.11. The first-order valence-corrected chi connectivity index (χ1v) is 7.64. The number of aromatic nitrogens is 2. The third kappa shape index (κ3) is 2.72. The summed E-state index contributed by atoms with van der Waals surface area (Å²) in [4.78, 5) is 21.5. The van der Waals surface area contributed by atoms with Crippen molar-refractivity contribution in [2.45, 2.75) is 33.1 Å². The fourth-order valence-corrected chi connectivity index (χ4v) is 3.00. The number of H-pyrrole nitrogens is 1. The standard InChI is InChI=1S/C13H15BrN2OS/c1-3-5-9-11(14)13(17)16-12(15-9)10-7-6-8(4-2)18-10/h6-7H,3-5H2,1-2H3,(H,15,16,17). The van der Waals surface area contributed by atoms with Crippen LogP contribution in [0.5, 0.6) is 0 Å². The van der Waals surface area contributed by atoms with Crippen molar-refractivity contribution in [3.05, 3.63) is 37.5 Å². The summed E-state index contributed by atoms with van der Waals surface area (Å²) >= 11 is 4.98. The Morgan fingerprint density at radius 3 is 2.78 bits per heavy atom. The third-order valence-corrected chi connectivity index (χ3v) is 4.72. The Morgan fingerprint density at radius 2 is 2.17 bits per heavy atom. The second-order valence-corrected chi connectivity index (χ2v) is 6.01. The lowest BCUT2D eigenvalue weighted by Crippen LogP contribution is -2.13. The van der Waals surface area contributed by atoms with E-state index in [-0.39, 0.29) is 5.56 Å². The first-order chi connectivity index (χ1) is 8.65. The molecule has 0 saturated heterocycles. The van der Waals surface area contributed by atoms with E-state index < -0.39 is 0 Å². The van der Waals surface area contributed by atoms with Crippen molar-refractivity contribution in [2.75, 3.05) is 0 Å². The van der Waals surface area contributed by atoms with Crippen molar-refractivity contribution in [3.63, 3.8) is 0 Å². The van der Waals surface area contributed by atoms with Crippen molar-refractivity contribution in [1.29, 1.82) is 0 Å². The molecule has 1 N–H and O–H groups in total. The summed E-state index contributed by atoms with van der Waals surface area (Å²) in [6, 6.07) is 4.10. The van der Waals surface area contributed by atoms with Gasteiger partial charge in [-0.2, -0.15) is 0 Å². The van der Waals surface area contributed by atoms with Gasteiger partial charge in [-0.3, -0.25) is 4.79 Å². The molecule has 0 bridgehead atoms. The molecule has 0 unspecified atom stereocenters. The summed E-state index contributed by atoms with van der Waals surface area (Å²) in [5.41, 5.74) is 0.734. The highest BCUT2D eigenvalue weighted by atomic mass is 79.9. The summed E-state index contributed by atoms with van der Waals surface area (Å²) in [6.07, 6.45) is 2.79. The molecule has 2 aromatic rings. The molecule has 2 heterocycles. The van der Waals surface area contributed by atoms with Gasteiger partial charge >= 0.3 is 0 Å². The molecule has 5 heteroatoms. The number of thiophene rings is 1. The monoisotopic (exact) mass is 326 g/mol. The molecule has 18 heavy (non-hydrogen) atoms. The van der Waals surface area contributed by atoms with Crippen LogP contribution in [-0.4, -0.2) is 9.97 Å². The number of halogens is 1. The van der Waals surface area contributed by atoms with Crippen LogP contribution in [0.2, 0.25) is 0 Å². The Hall–Kier alpha value is -0.940. The van der Waals surface area contributed by atoms with Crippen molar-refractivity contribution in [3.8, 4) is 10.7 Å². The fraction of sp³-hybridized carbons (Fsp3) is 0.385. The molecule has 2 rings (SSSR count). The van der Waals surface area contributed by atoms with Crippen LogP contribution in [0, 0.1) is 0 Å². The normalized spacial score (nSPS) is 10.8. The first-order valence-electron chi connectivity index (χ1n) is 6.03. The maximum absolute atomic E-state index is 11.8. The van der Waals surface area contributed by atoms with E-state index in [0.717, 1.165) is 29.8 Å². The van der Waals surface area contributed by atoms with Crippen LogP contribution in [0.3, 0.4) is 0 Å². The lowest BCUT2D eigenvalue weighted by molar-refractivity contribution is 0.862. The molecule has 0 fully saturated rings. The number of hydrogen-bond donors (Lipinski definition) is 1. The molecule has 3 nitrogen and oxygen atoms in total. The Labute approximate surface area is 118 Å². The molecule has 0 aliphatic rings. The Kier molecular flexibility index (Phi) is 4.35. The Bertz CT molecular complexity index is 603. The van der Waals surface area contributed by atoms with Gasteiger partial charge in [-0.15, -0.1) is 11.3 Å². The highest BCUT2D eigenvalue weighted by molar-refractivity contribution is 9.10. The van der Waals surface area contributed by atoms with E-state index in [1.807, 2.05) is 6.07 Å². The molecule has 0 saturated carbocycles. The lowest BCUT2D eigenvalue weighted by atomic mass is 10.2. The molecular weight excluding hydrogens is 312 g/mol. The fourth-order valence-electron chi connectivity index (χ4n) is 1.72. The first kappa shape index (κ1) is 13.5. The maximum atomic E-state index is 11.8. The Balaban J connectivity index is 2.48. The molecule has 0 atom stereocenters. The van der Waals surface area contributed by atoms with Gasteiger partial charge in [-0.1, -0.05) is 20.3 Å². The zero-order chi connectivity index (χ0) is 13.1. The number of hydrogen-bond acceptors (Lipinski definition) is 3. The zero-order valence-corrected chi connectivity index (χ0v) is 12.8. The largest absolute Gasteiger partial charge is 0.305 e. The SMILES string of the molecule is CCCc1nc(-c2ccc(CC)s2)[nH]c(=O)c1Br. The van der Waals surface area contributed by atoms with Crippen LogP contribution >= 0.6 is 27.3 Å². The average Bonchev–Trinajstić information content (AvgIpc) is 2.83. The molecule has 0 aromatic carbocycles. The topological polar surface area (TPSA) is 45.8 Å². The molecule has 0 aliphatic heterocycles. The van der Waals surface area contributed by atoms with Crippen LogP contribution in [-0.2, 0) is 12.8 Å². The average molecular weight is 327 g/mol. The minimum atomic E-state index is -0.102. The predicted molar refractivity (Wildman–Crippen MR) is 79.2 cm³/mol. The minimum absolute atomic E-state index is 0.102. The number of nitrogens with zero attached hydrogens (tertiary/aromatic N) is 1. The van der Waals surface area contributed by atoms with E-state index in [4.69, 9.17) is 0 Å². The van der Waals surface area contributed by atoms with Gasteiger partial charge < -0.3 is 4.98 Å². The van der Waals surface area contributed by atoms with E-state index in [1.54, 1.807) is 11.3 Å². The zero-order valence-electron chi connectivity index (χ0n) is 10.4. The van der Waals surface area contributed by atoms with Gasteiger partial charge in [-0.25, -0.2) is 4.98 Å². The maximum Gasteiger partial charge on any atom is 0.265 e. The number of aromatic amines is 1. The minimum Gasteiger partial charge on any atom is -0.305 e. The van der Waals surface area contributed by atoms with Crippen molar-refractivity contribution in [2.24, 2.45) is 0 Å². The van der Waals surface area contributed by atoms with Crippen molar-refractivity contribution < 1.29 is 0 Å². The van der Waals surface area contributed by atoms with Crippen LogP contribution in [0.15, 0.2) is 21.4 Å². The molecular formula is C13H15BrN2OS. The van der Waals surface area contributed by atoms with Gasteiger partial charge in [0.05, 0.1) is 10.6 Å². The van der Waals surface area contributed by atoms with Gasteiger partial charge in [-0.05, 0) is 40.9 Å². The lowest BCUT2D eigenvalue weighted by Gasteiger charge is -2.04.